The summed E-state index contributed by atoms with van der Waals surface area (Å²) < 4.78 is 41.0. The molecule has 204 valence electrons. The van der Waals surface area contributed by atoms with Crippen LogP contribution in [0.2, 0.25) is 0 Å². The van der Waals surface area contributed by atoms with E-state index in [-0.39, 0.29) is 0 Å². The van der Waals surface area contributed by atoms with Crippen molar-refractivity contribution in [2.75, 3.05) is 20.5 Å². The lowest BCUT2D eigenvalue weighted by molar-refractivity contribution is 0.352. The van der Waals surface area contributed by atoms with Crippen molar-refractivity contribution < 1.29 is 22.6 Å². The minimum atomic E-state index is -3.16. The van der Waals surface area contributed by atoms with Crippen LogP contribution in [-0.2, 0) is 16.3 Å². The number of aromatic nitrogens is 2. The van der Waals surface area contributed by atoms with Crippen LogP contribution < -0.4 is 14.2 Å². The molecule has 0 radical (unpaired) electrons. The van der Waals surface area contributed by atoms with Gasteiger partial charge in [-0.3, -0.25) is 9.97 Å². The standard InChI is InChI=1S/C32H30N2O5S/c1-21(40(4,35)36)13-22-14-25-9-6-12-34-32(25)29(15-22)24-8-5-7-23(16-24)26-17-28(20-33-19-26)39-27-10-11-30(37-2)31(18-27)38-3/h5-12,14-21H,13H2,1-4H3. The predicted octanol–water partition coefficient (Wildman–Crippen LogP) is 6.75. The highest BCUT2D eigenvalue weighted by Crippen LogP contribution is 2.35. The molecule has 0 amide bonds. The number of methoxy groups -OCH3 is 2. The van der Waals surface area contributed by atoms with Crippen LogP contribution in [0, 0.1) is 0 Å². The topological polar surface area (TPSA) is 87.6 Å². The summed E-state index contributed by atoms with van der Waals surface area (Å²) >= 11 is 0. The maximum atomic E-state index is 12.1. The van der Waals surface area contributed by atoms with Crippen LogP contribution in [0.25, 0.3) is 33.2 Å². The van der Waals surface area contributed by atoms with Crippen LogP contribution in [0.4, 0.5) is 0 Å². The quantitative estimate of drug-likeness (QED) is 0.199. The minimum Gasteiger partial charge on any atom is -0.493 e. The molecule has 7 nitrogen and oxygen atoms in total. The zero-order valence-corrected chi connectivity index (χ0v) is 23.6. The Labute approximate surface area is 234 Å². The van der Waals surface area contributed by atoms with E-state index in [2.05, 4.69) is 16.0 Å². The van der Waals surface area contributed by atoms with Gasteiger partial charge in [0.05, 0.1) is 31.2 Å². The smallest absolute Gasteiger partial charge is 0.164 e. The predicted molar refractivity (Wildman–Crippen MR) is 158 cm³/mol. The second-order valence-electron chi connectivity index (χ2n) is 9.67. The van der Waals surface area contributed by atoms with Crippen molar-refractivity contribution in [1.82, 2.24) is 9.97 Å². The third-order valence-electron chi connectivity index (χ3n) is 6.83. The number of ether oxygens (including phenoxy) is 3. The molecular formula is C32H30N2O5S. The van der Waals surface area contributed by atoms with E-state index in [0.717, 1.165) is 38.7 Å². The molecule has 0 bridgehead atoms. The van der Waals surface area contributed by atoms with E-state index in [9.17, 15) is 8.42 Å². The van der Waals surface area contributed by atoms with E-state index in [1.807, 2.05) is 54.6 Å². The normalized spacial score (nSPS) is 12.2. The van der Waals surface area contributed by atoms with Gasteiger partial charge in [0.2, 0.25) is 0 Å². The van der Waals surface area contributed by atoms with Gasteiger partial charge in [-0.05, 0) is 72.5 Å². The Kier molecular flexibility index (Phi) is 7.71. The van der Waals surface area contributed by atoms with Crippen molar-refractivity contribution in [2.45, 2.75) is 18.6 Å². The molecule has 1 atom stereocenters. The summed E-state index contributed by atoms with van der Waals surface area (Å²) in [4.78, 5) is 9.05. The van der Waals surface area contributed by atoms with Gasteiger partial charge in [0.15, 0.2) is 11.5 Å². The first kappa shape index (κ1) is 27.1. The third kappa shape index (κ3) is 5.92. The number of nitrogens with zero attached hydrogens (tertiary/aromatic N) is 2. The molecule has 2 heterocycles. The lowest BCUT2D eigenvalue weighted by Gasteiger charge is -2.14. The van der Waals surface area contributed by atoms with Crippen LogP contribution in [0.1, 0.15) is 12.5 Å². The van der Waals surface area contributed by atoms with E-state index in [0.29, 0.717) is 29.4 Å². The molecule has 0 spiro atoms. The molecule has 2 aromatic heterocycles. The molecule has 0 aliphatic rings. The molecule has 40 heavy (non-hydrogen) atoms. The molecule has 0 fully saturated rings. The Morgan fingerprint density at radius 2 is 1.60 bits per heavy atom. The molecule has 5 aromatic rings. The van der Waals surface area contributed by atoms with E-state index < -0.39 is 15.1 Å². The summed E-state index contributed by atoms with van der Waals surface area (Å²) in [5.41, 5.74) is 5.58. The van der Waals surface area contributed by atoms with Gasteiger partial charge >= 0.3 is 0 Å². The van der Waals surface area contributed by atoms with Gasteiger partial charge in [-0.2, -0.15) is 0 Å². The second-order valence-corrected chi connectivity index (χ2v) is 12.1. The first-order chi connectivity index (χ1) is 19.2. The average molecular weight is 555 g/mol. The van der Waals surface area contributed by atoms with Crippen molar-refractivity contribution in [3.8, 4) is 45.3 Å². The Balaban J connectivity index is 1.50. The molecule has 5 rings (SSSR count). The Hall–Kier alpha value is -4.43. The Morgan fingerprint density at radius 1 is 0.800 bits per heavy atom. The van der Waals surface area contributed by atoms with E-state index >= 15 is 0 Å². The number of pyridine rings is 2. The fourth-order valence-corrected chi connectivity index (χ4v) is 5.09. The van der Waals surface area contributed by atoms with Gasteiger partial charge in [-0.1, -0.05) is 24.3 Å². The van der Waals surface area contributed by atoms with Gasteiger partial charge in [0.25, 0.3) is 0 Å². The molecule has 0 saturated heterocycles. The molecule has 0 N–H and O–H groups in total. The van der Waals surface area contributed by atoms with Crippen molar-refractivity contribution in [3.63, 3.8) is 0 Å². The summed E-state index contributed by atoms with van der Waals surface area (Å²) in [7, 11) is 0.0128. The molecule has 3 aromatic carbocycles. The van der Waals surface area contributed by atoms with Gasteiger partial charge in [0, 0.05) is 41.2 Å². The van der Waals surface area contributed by atoms with Gasteiger partial charge in [0.1, 0.15) is 21.3 Å². The number of rotatable bonds is 9. The Morgan fingerprint density at radius 3 is 2.38 bits per heavy atom. The lowest BCUT2D eigenvalue weighted by atomic mass is 9.95. The van der Waals surface area contributed by atoms with Crippen LogP contribution in [0.15, 0.2) is 91.4 Å². The third-order valence-corrected chi connectivity index (χ3v) is 8.46. The van der Waals surface area contributed by atoms with E-state index in [4.69, 9.17) is 14.2 Å². The zero-order chi connectivity index (χ0) is 28.3. The average Bonchev–Trinajstić information content (AvgIpc) is 2.96. The highest BCUT2D eigenvalue weighted by molar-refractivity contribution is 7.91. The zero-order valence-electron chi connectivity index (χ0n) is 22.8. The van der Waals surface area contributed by atoms with Crippen molar-refractivity contribution in [1.29, 1.82) is 0 Å². The highest BCUT2D eigenvalue weighted by Gasteiger charge is 2.17. The fraction of sp³-hybridized carbons (Fsp3) is 0.188. The second kappa shape index (κ2) is 11.4. The molecular weight excluding hydrogens is 524 g/mol. The number of fused-ring (bicyclic) bond motifs is 1. The summed E-state index contributed by atoms with van der Waals surface area (Å²) in [5.74, 6) is 2.38. The largest absolute Gasteiger partial charge is 0.493 e. The van der Waals surface area contributed by atoms with Gasteiger partial charge in [-0.15, -0.1) is 0 Å². The summed E-state index contributed by atoms with van der Waals surface area (Å²) in [6.45, 7) is 1.74. The number of sulfone groups is 1. The monoisotopic (exact) mass is 554 g/mol. The van der Waals surface area contributed by atoms with Crippen LogP contribution in [0.5, 0.6) is 23.0 Å². The molecule has 0 aliphatic carbocycles. The van der Waals surface area contributed by atoms with Crippen molar-refractivity contribution in [2.24, 2.45) is 0 Å². The van der Waals surface area contributed by atoms with Crippen LogP contribution >= 0.6 is 0 Å². The number of benzene rings is 3. The fourth-order valence-electron chi connectivity index (χ4n) is 4.59. The molecule has 8 heteroatoms. The van der Waals surface area contributed by atoms with Gasteiger partial charge in [-0.25, -0.2) is 8.42 Å². The summed E-state index contributed by atoms with van der Waals surface area (Å²) in [6.07, 6.45) is 6.93. The van der Waals surface area contributed by atoms with E-state index in [1.165, 1.54) is 6.26 Å². The highest BCUT2D eigenvalue weighted by atomic mass is 32.2. The maximum absolute atomic E-state index is 12.1. The molecule has 0 saturated carbocycles. The minimum absolute atomic E-state index is 0.426. The van der Waals surface area contributed by atoms with Crippen LogP contribution in [0.3, 0.4) is 0 Å². The first-order valence-electron chi connectivity index (χ1n) is 12.8. The summed E-state index contributed by atoms with van der Waals surface area (Å²) in [6, 6.07) is 23.4. The number of hydrogen-bond acceptors (Lipinski definition) is 7. The lowest BCUT2D eigenvalue weighted by Crippen LogP contribution is -2.18. The Bertz CT molecular complexity index is 1790. The van der Waals surface area contributed by atoms with Crippen LogP contribution in [-0.4, -0.2) is 44.1 Å². The number of hydrogen-bond donors (Lipinski definition) is 0. The molecule has 1 unspecified atom stereocenters. The van der Waals surface area contributed by atoms with Crippen molar-refractivity contribution in [3.05, 3.63) is 97.0 Å². The SMILES string of the molecule is COc1ccc(Oc2cncc(-c3cccc(-c4cc(CC(C)S(C)(=O)=O)cc5cccnc45)c3)c2)cc1OC. The molecule has 0 aliphatic heterocycles. The maximum Gasteiger partial charge on any atom is 0.164 e. The van der Waals surface area contributed by atoms with Gasteiger partial charge < -0.3 is 14.2 Å². The van der Waals surface area contributed by atoms with Crippen molar-refractivity contribution >= 4 is 20.7 Å². The van der Waals surface area contributed by atoms with E-state index in [1.54, 1.807) is 51.9 Å². The summed E-state index contributed by atoms with van der Waals surface area (Å²) in [5, 5.41) is 0.480. The first-order valence-corrected chi connectivity index (χ1v) is 14.7.